The largest absolute Gasteiger partial charge is 0.490 e. The van der Waals surface area contributed by atoms with Crippen molar-refractivity contribution in [2.75, 3.05) is 46.4 Å². The van der Waals surface area contributed by atoms with Gasteiger partial charge in [0.25, 0.3) is 0 Å². The lowest BCUT2D eigenvalue weighted by atomic mass is 10.00. The highest BCUT2D eigenvalue weighted by atomic mass is 16.5. The molecule has 2 rings (SSSR count). The van der Waals surface area contributed by atoms with E-state index >= 15 is 0 Å². The molecule has 0 saturated carbocycles. The molecule has 1 unspecified atom stereocenters. The summed E-state index contributed by atoms with van der Waals surface area (Å²) in [4.78, 5) is 18.6. The molecule has 1 fully saturated rings. The maximum absolute atomic E-state index is 12.4. The zero-order chi connectivity index (χ0) is 21.8. The summed E-state index contributed by atoms with van der Waals surface area (Å²) < 4.78 is 11.3. The maximum atomic E-state index is 12.4. The first-order chi connectivity index (χ1) is 14.6. The minimum absolute atomic E-state index is 0.224. The summed E-state index contributed by atoms with van der Waals surface area (Å²) in [6.45, 7) is 10.5. The Hall–Kier alpha value is -2.44. The van der Waals surface area contributed by atoms with Crippen molar-refractivity contribution in [1.82, 2.24) is 15.5 Å². The molecule has 1 aliphatic heterocycles. The molecule has 0 spiro atoms. The van der Waals surface area contributed by atoms with Crippen LogP contribution in [0.25, 0.3) is 0 Å². The molecule has 0 aliphatic carbocycles. The molecule has 7 heteroatoms. The van der Waals surface area contributed by atoms with Crippen LogP contribution in [0.2, 0.25) is 0 Å². The smallest absolute Gasteiger partial charge is 0.224 e. The Labute approximate surface area is 181 Å². The second-order valence-corrected chi connectivity index (χ2v) is 7.66. The van der Waals surface area contributed by atoms with Crippen molar-refractivity contribution in [1.29, 1.82) is 0 Å². The van der Waals surface area contributed by atoms with Gasteiger partial charge >= 0.3 is 0 Å². The van der Waals surface area contributed by atoms with Crippen LogP contribution in [-0.2, 0) is 11.2 Å². The van der Waals surface area contributed by atoms with Crippen LogP contribution in [0.3, 0.4) is 0 Å². The van der Waals surface area contributed by atoms with Gasteiger partial charge in [0.15, 0.2) is 17.5 Å². The third kappa shape index (κ3) is 7.76. The van der Waals surface area contributed by atoms with Crippen LogP contribution in [0.4, 0.5) is 0 Å². The van der Waals surface area contributed by atoms with Gasteiger partial charge in [-0.1, -0.05) is 13.0 Å². The van der Waals surface area contributed by atoms with E-state index in [0.29, 0.717) is 38.1 Å². The van der Waals surface area contributed by atoms with Gasteiger partial charge in [-0.25, -0.2) is 0 Å². The first-order valence-electron chi connectivity index (χ1n) is 11.2. The van der Waals surface area contributed by atoms with E-state index in [1.165, 1.54) is 12.0 Å². The highest BCUT2D eigenvalue weighted by molar-refractivity contribution is 5.81. The second kappa shape index (κ2) is 13.0. The van der Waals surface area contributed by atoms with Crippen molar-refractivity contribution >= 4 is 11.9 Å². The summed E-state index contributed by atoms with van der Waals surface area (Å²) >= 11 is 0. The number of amides is 1. The molecule has 7 nitrogen and oxygen atoms in total. The fraction of sp³-hybridized carbons (Fsp3) is 0.652. The molecule has 0 aromatic heterocycles. The van der Waals surface area contributed by atoms with Crippen LogP contribution < -0.4 is 20.1 Å². The Bertz CT molecular complexity index is 693. The predicted octanol–water partition coefficient (Wildman–Crippen LogP) is 2.84. The number of nitrogens with one attached hydrogen (secondary N) is 2. The number of guanidine groups is 1. The third-order valence-corrected chi connectivity index (χ3v) is 5.18. The number of benzene rings is 1. The molecule has 1 aromatic rings. The lowest BCUT2D eigenvalue weighted by Gasteiger charge is -2.31. The van der Waals surface area contributed by atoms with Gasteiger partial charge in [-0.05, 0) is 56.7 Å². The number of carbonyl (C=O) groups is 1. The third-order valence-electron chi connectivity index (χ3n) is 5.18. The number of ether oxygens (including phenoxy) is 2. The average Bonchev–Trinajstić information content (AvgIpc) is 2.74. The number of rotatable bonds is 10. The normalized spacial score (nSPS) is 16.9. The van der Waals surface area contributed by atoms with E-state index in [-0.39, 0.29) is 5.91 Å². The predicted molar refractivity (Wildman–Crippen MR) is 121 cm³/mol. The first kappa shape index (κ1) is 23.8. The number of hydrogen-bond acceptors (Lipinski definition) is 4. The highest BCUT2D eigenvalue weighted by Gasteiger charge is 2.20. The van der Waals surface area contributed by atoms with E-state index in [2.05, 4.69) is 28.6 Å². The topological polar surface area (TPSA) is 75.2 Å². The van der Waals surface area contributed by atoms with E-state index < -0.39 is 0 Å². The Morgan fingerprint density at radius 3 is 2.60 bits per heavy atom. The van der Waals surface area contributed by atoms with Crippen molar-refractivity contribution in [3.8, 4) is 11.5 Å². The fourth-order valence-corrected chi connectivity index (χ4v) is 3.66. The minimum atomic E-state index is 0.224. The van der Waals surface area contributed by atoms with Crippen LogP contribution in [0.5, 0.6) is 11.5 Å². The number of likely N-dealkylation sites (tertiary alicyclic amines) is 1. The maximum Gasteiger partial charge on any atom is 0.224 e. The molecular weight excluding hydrogens is 380 g/mol. The van der Waals surface area contributed by atoms with Crippen molar-refractivity contribution in [3.63, 3.8) is 0 Å². The first-order valence-corrected chi connectivity index (χ1v) is 11.2. The van der Waals surface area contributed by atoms with Crippen LogP contribution in [0, 0.1) is 5.92 Å². The quantitative estimate of drug-likeness (QED) is 0.451. The van der Waals surface area contributed by atoms with Gasteiger partial charge in [0, 0.05) is 39.6 Å². The lowest BCUT2D eigenvalue weighted by Crippen LogP contribution is -2.42. The van der Waals surface area contributed by atoms with Gasteiger partial charge in [-0.2, -0.15) is 0 Å². The van der Waals surface area contributed by atoms with Gasteiger partial charge in [-0.3, -0.25) is 9.79 Å². The summed E-state index contributed by atoms with van der Waals surface area (Å²) in [6, 6.07) is 6.05. The molecule has 2 N–H and O–H groups in total. The van der Waals surface area contributed by atoms with Crippen LogP contribution in [0.1, 0.15) is 45.6 Å². The standard InChI is InChI=1S/C23H38N4O3/c1-5-29-20-10-9-19(16-21(20)30-6-2)11-13-25-23(24-4)26-14-12-22(28)27-15-7-8-18(3)17-27/h9-10,16,18H,5-8,11-15,17H2,1-4H3,(H2,24,25,26). The SMILES string of the molecule is CCOc1ccc(CCNC(=NC)NCCC(=O)N2CCCC(C)C2)cc1OCC. The van der Waals surface area contributed by atoms with Gasteiger partial charge in [0.1, 0.15) is 0 Å². The zero-order valence-corrected chi connectivity index (χ0v) is 19.0. The number of hydrogen-bond donors (Lipinski definition) is 2. The van der Waals surface area contributed by atoms with Crippen molar-refractivity contribution in [2.24, 2.45) is 10.9 Å². The summed E-state index contributed by atoms with van der Waals surface area (Å²) in [5.41, 5.74) is 1.17. The Kier molecular flexibility index (Phi) is 10.3. The Balaban J connectivity index is 1.73. The molecule has 1 heterocycles. The monoisotopic (exact) mass is 418 g/mol. The van der Waals surface area contributed by atoms with Crippen LogP contribution in [-0.4, -0.2) is 63.2 Å². The van der Waals surface area contributed by atoms with E-state index in [4.69, 9.17) is 9.47 Å². The molecule has 168 valence electrons. The van der Waals surface area contributed by atoms with Gasteiger partial charge < -0.3 is 25.0 Å². The molecular formula is C23H38N4O3. The average molecular weight is 419 g/mol. The summed E-state index contributed by atoms with van der Waals surface area (Å²) in [6.07, 6.45) is 3.65. The van der Waals surface area contributed by atoms with Crippen LogP contribution >= 0.6 is 0 Å². The van der Waals surface area contributed by atoms with Gasteiger partial charge in [0.2, 0.25) is 5.91 Å². The van der Waals surface area contributed by atoms with Crippen molar-refractivity contribution in [3.05, 3.63) is 23.8 Å². The van der Waals surface area contributed by atoms with Crippen LogP contribution in [0.15, 0.2) is 23.2 Å². The van der Waals surface area contributed by atoms with Gasteiger partial charge in [-0.15, -0.1) is 0 Å². The summed E-state index contributed by atoms with van der Waals surface area (Å²) in [5, 5.41) is 6.55. The van der Waals surface area contributed by atoms with E-state index in [1.54, 1.807) is 7.05 Å². The van der Waals surface area contributed by atoms with E-state index in [1.807, 2.05) is 30.9 Å². The lowest BCUT2D eigenvalue weighted by molar-refractivity contribution is -0.132. The summed E-state index contributed by atoms with van der Waals surface area (Å²) in [7, 11) is 1.74. The second-order valence-electron chi connectivity index (χ2n) is 7.66. The Morgan fingerprint density at radius 1 is 1.17 bits per heavy atom. The van der Waals surface area contributed by atoms with Crippen molar-refractivity contribution < 1.29 is 14.3 Å². The molecule has 0 radical (unpaired) electrons. The molecule has 1 amide bonds. The highest BCUT2D eigenvalue weighted by Crippen LogP contribution is 2.28. The summed E-state index contributed by atoms with van der Waals surface area (Å²) in [5.74, 6) is 3.11. The minimum Gasteiger partial charge on any atom is -0.490 e. The number of nitrogens with zero attached hydrogens (tertiary/aromatic N) is 2. The Morgan fingerprint density at radius 2 is 1.90 bits per heavy atom. The van der Waals surface area contributed by atoms with Gasteiger partial charge in [0.05, 0.1) is 13.2 Å². The number of piperidine rings is 1. The molecule has 1 aliphatic rings. The molecule has 1 saturated heterocycles. The number of aliphatic imine (C=N–C) groups is 1. The molecule has 1 atom stereocenters. The van der Waals surface area contributed by atoms with E-state index in [0.717, 1.165) is 44.0 Å². The van der Waals surface area contributed by atoms with Crippen molar-refractivity contribution in [2.45, 2.75) is 46.5 Å². The molecule has 1 aromatic carbocycles. The molecule has 30 heavy (non-hydrogen) atoms. The molecule has 0 bridgehead atoms. The number of carbonyl (C=O) groups excluding carboxylic acids is 1. The fourth-order valence-electron chi connectivity index (χ4n) is 3.66. The zero-order valence-electron chi connectivity index (χ0n) is 19.0. The van der Waals surface area contributed by atoms with E-state index in [9.17, 15) is 4.79 Å².